The maximum atomic E-state index is 12.9. The molecule has 0 aliphatic rings. The summed E-state index contributed by atoms with van der Waals surface area (Å²) in [5, 5.41) is 11.0. The maximum Gasteiger partial charge on any atom is 0.254 e. The number of nitriles is 1. The average molecular weight is 322 g/mol. The lowest BCUT2D eigenvalue weighted by atomic mass is 10.1. The van der Waals surface area contributed by atoms with E-state index in [0.29, 0.717) is 24.2 Å². The molecule has 1 aromatic carbocycles. The van der Waals surface area contributed by atoms with Crippen LogP contribution in [0.2, 0.25) is 0 Å². The molecule has 3 aromatic rings. The van der Waals surface area contributed by atoms with E-state index in [9.17, 15) is 4.79 Å². The van der Waals surface area contributed by atoms with Gasteiger partial charge in [0, 0.05) is 22.5 Å². The second-order valence-electron chi connectivity index (χ2n) is 5.06. The summed E-state index contributed by atoms with van der Waals surface area (Å²) in [5.41, 5.74) is 1.94. The molecular formula is C18H14N2O2S. The van der Waals surface area contributed by atoms with E-state index in [1.807, 2.05) is 23.6 Å². The van der Waals surface area contributed by atoms with Crippen molar-refractivity contribution in [2.45, 2.75) is 13.1 Å². The van der Waals surface area contributed by atoms with Crippen LogP contribution in [0.4, 0.5) is 0 Å². The number of hydrogen-bond acceptors (Lipinski definition) is 4. The lowest BCUT2D eigenvalue weighted by Crippen LogP contribution is -2.29. The fraction of sp³-hybridized carbons (Fsp3) is 0.111. The Labute approximate surface area is 138 Å². The number of carbonyl (C=O) groups excluding carboxylic acids is 1. The lowest BCUT2D eigenvalue weighted by molar-refractivity contribution is 0.0731. The molecule has 0 aliphatic heterocycles. The van der Waals surface area contributed by atoms with Gasteiger partial charge in [0.2, 0.25) is 0 Å². The van der Waals surface area contributed by atoms with Crippen LogP contribution in [0.3, 0.4) is 0 Å². The molecule has 0 saturated heterocycles. The maximum absolute atomic E-state index is 12.9. The van der Waals surface area contributed by atoms with Gasteiger partial charge < -0.3 is 9.32 Å². The van der Waals surface area contributed by atoms with Crippen LogP contribution in [0.25, 0.3) is 0 Å². The molecule has 0 aliphatic carbocycles. The Hall–Kier alpha value is -2.84. The third-order valence-electron chi connectivity index (χ3n) is 3.41. The van der Waals surface area contributed by atoms with Crippen molar-refractivity contribution in [2.24, 2.45) is 0 Å². The van der Waals surface area contributed by atoms with Crippen LogP contribution in [-0.4, -0.2) is 10.8 Å². The standard InChI is InChI=1S/C18H14N2O2S/c19-10-14-3-1-4-16(9-14)18(21)20(11-15-6-7-22-13-15)12-17-5-2-8-23-17/h1-9,13H,11-12H2. The number of rotatable bonds is 5. The highest BCUT2D eigenvalue weighted by atomic mass is 32.1. The van der Waals surface area contributed by atoms with Gasteiger partial charge in [-0.2, -0.15) is 5.26 Å². The van der Waals surface area contributed by atoms with Crippen LogP contribution in [0, 0.1) is 11.3 Å². The number of carbonyl (C=O) groups is 1. The molecule has 2 aromatic heterocycles. The summed E-state index contributed by atoms with van der Waals surface area (Å²) in [6, 6.07) is 14.7. The molecule has 0 spiro atoms. The minimum absolute atomic E-state index is 0.100. The van der Waals surface area contributed by atoms with Gasteiger partial charge in [-0.15, -0.1) is 11.3 Å². The fourth-order valence-corrected chi connectivity index (χ4v) is 3.02. The Bertz CT molecular complexity index is 781. The zero-order valence-electron chi connectivity index (χ0n) is 12.3. The molecule has 0 N–H and O–H groups in total. The van der Waals surface area contributed by atoms with Gasteiger partial charge in [0.25, 0.3) is 5.91 Å². The normalized spacial score (nSPS) is 10.2. The smallest absolute Gasteiger partial charge is 0.254 e. The largest absolute Gasteiger partial charge is 0.472 e. The van der Waals surface area contributed by atoms with Gasteiger partial charge in [-0.05, 0) is 35.7 Å². The molecular weight excluding hydrogens is 308 g/mol. The minimum atomic E-state index is -0.100. The van der Waals surface area contributed by atoms with Crippen LogP contribution in [0.1, 0.15) is 26.4 Å². The van der Waals surface area contributed by atoms with Crippen molar-refractivity contribution >= 4 is 17.2 Å². The number of amides is 1. The Balaban J connectivity index is 1.86. The highest BCUT2D eigenvalue weighted by molar-refractivity contribution is 7.09. The van der Waals surface area contributed by atoms with E-state index in [1.165, 1.54) is 0 Å². The van der Waals surface area contributed by atoms with Crippen molar-refractivity contribution in [3.8, 4) is 6.07 Å². The van der Waals surface area contributed by atoms with E-state index >= 15 is 0 Å². The first kappa shape index (κ1) is 15.1. The minimum Gasteiger partial charge on any atom is -0.472 e. The van der Waals surface area contributed by atoms with Gasteiger partial charge in [0.15, 0.2) is 0 Å². The number of nitrogens with zero attached hydrogens (tertiary/aromatic N) is 2. The predicted molar refractivity (Wildman–Crippen MR) is 87.8 cm³/mol. The van der Waals surface area contributed by atoms with Crippen molar-refractivity contribution in [3.05, 3.63) is 81.9 Å². The predicted octanol–water partition coefficient (Wildman–Crippen LogP) is 4.06. The highest BCUT2D eigenvalue weighted by Crippen LogP contribution is 2.18. The van der Waals surface area contributed by atoms with E-state index in [4.69, 9.17) is 9.68 Å². The van der Waals surface area contributed by atoms with Crippen molar-refractivity contribution in [1.82, 2.24) is 4.90 Å². The van der Waals surface area contributed by atoms with Crippen molar-refractivity contribution in [3.63, 3.8) is 0 Å². The third-order valence-corrected chi connectivity index (χ3v) is 4.27. The number of hydrogen-bond donors (Lipinski definition) is 0. The zero-order chi connectivity index (χ0) is 16.1. The highest BCUT2D eigenvalue weighted by Gasteiger charge is 2.18. The molecule has 4 nitrogen and oxygen atoms in total. The summed E-state index contributed by atoms with van der Waals surface area (Å²) in [5.74, 6) is -0.100. The van der Waals surface area contributed by atoms with Crippen LogP contribution in [-0.2, 0) is 13.1 Å². The number of furan rings is 1. The second-order valence-corrected chi connectivity index (χ2v) is 6.10. The van der Waals surface area contributed by atoms with Crippen LogP contribution in [0.15, 0.2) is 64.8 Å². The second kappa shape index (κ2) is 6.95. The summed E-state index contributed by atoms with van der Waals surface area (Å²) >= 11 is 1.61. The van der Waals surface area contributed by atoms with E-state index in [2.05, 4.69) is 6.07 Å². The Morgan fingerprint density at radius 3 is 2.83 bits per heavy atom. The van der Waals surface area contributed by atoms with Crippen LogP contribution < -0.4 is 0 Å². The monoisotopic (exact) mass is 322 g/mol. The third kappa shape index (κ3) is 3.68. The topological polar surface area (TPSA) is 57.2 Å². The molecule has 0 saturated carbocycles. The van der Waals surface area contributed by atoms with Gasteiger partial charge in [0.05, 0.1) is 30.7 Å². The van der Waals surface area contributed by atoms with E-state index in [0.717, 1.165) is 10.4 Å². The molecule has 0 unspecified atom stereocenters. The van der Waals surface area contributed by atoms with Gasteiger partial charge in [-0.1, -0.05) is 12.1 Å². The van der Waals surface area contributed by atoms with Crippen LogP contribution in [0.5, 0.6) is 0 Å². The quantitative estimate of drug-likeness (QED) is 0.712. The van der Waals surface area contributed by atoms with E-state index in [1.54, 1.807) is 53.0 Å². The Morgan fingerprint density at radius 2 is 2.13 bits per heavy atom. The number of benzene rings is 1. The average Bonchev–Trinajstić information content (AvgIpc) is 3.27. The first-order valence-electron chi connectivity index (χ1n) is 7.09. The van der Waals surface area contributed by atoms with E-state index < -0.39 is 0 Å². The molecule has 114 valence electrons. The molecule has 0 radical (unpaired) electrons. The molecule has 0 fully saturated rings. The Morgan fingerprint density at radius 1 is 1.22 bits per heavy atom. The first-order valence-corrected chi connectivity index (χ1v) is 7.97. The van der Waals surface area contributed by atoms with Crippen molar-refractivity contribution < 1.29 is 9.21 Å². The molecule has 2 heterocycles. The SMILES string of the molecule is N#Cc1cccc(C(=O)N(Cc2ccoc2)Cc2cccs2)c1. The van der Waals surface area contributed by atoms with Crippen molar-refractivity contribution in [1.29, 1.82) is 5.26 Å². The fourth-order valence-electron chi connectivity index (χ4n) is 2.30. The van der Waals surface area contributed by atoms with E-state index in [-0.39, 0.29) is 5.91 Å². The molecule has 3 rings (SSSR count). The summed E-state index contributed by atoms with van der Waals surface area (Å²) in [6.07, 6.45) is 3.24. The van der Waals surface area contributed by atoms with Gasteiger partial charge in [-0.25, -0.2) is 0 Å². The van der Waals surface area contributed by atoms with Gasteiger partial charge >= 0.3 is 0 Å². The molecule has 0 bridgehead atoms. The molecule has 5 heteroatoms. The number of thiophene rings is 1. The van der Waals surface area contributed by atoms with Crippen molar-refractivity contribution in [2.75, 3.05) is 0 Å². The summed E-state index contributed by atoms with van der Waals surface area (Å²) in [4.78, 5) is 15.7. The van der Waals surface area contributed by atoms with Gasteiger partial charge in [0.1, 0.15) is 0 Å². The molecule has 1 amide bonds. The summed E-state index contributed by atoms with van der Waals surface area (Å²) < 4.78 is 5.09. The first-order chi connectivity index (χ1) is 11.3. The molecule has 23 heavy (non-hydrogen) atoms. The molecule has 0 atom stereocenters. The summed E-state index contributed by atoms with van der Waals surface area (Å²) in [7, 11) is 0. The summed E-state index contributed by atoms with van der Waals surface area (Å²) in [6.45, 7) is 0.989. The zero-order valence-corrected chi connectivity index (χ0v) is 13.1. The Kier molecular flexibility index (Phi) is 4.55. The van der Waals surface area contributed by atoms with Crippen LogP contribution >= 0.6 is 11.3 Å². The lowest BCUT2D eigenvalue weighted by Gasteiger charge is -2.21. The van der Waals surface area contributed by atoms with Gasteiger partial charge in [-0.3, -0.25) is 4.79 Å².